The molecule has 0 amide bonds. The first kappa shape index (κ1) is 9.96. The van der Waals surface area contributed by atoms with Crippen molar-refractivity contribution in [3.8, 4) is 0 Å². The van der Waals surface area contributed by atoms with Crippen LogP contribution < -0.4 is 5.32 Å². The summed E-state index contributed by atoms with van der Waals surface area (Å²) in [6, 6.07) is 2.24. The summed E-state index contributed by atoms with van der Waals surface area (Å²) in [5, 5.41) is 8.27. The van der Waals surface area contributed by atoms with Crippen molar-refractivity contribution in [2.24, 2.45) is 0 Å². The van der Waals surface area contributed by atoms with Crippen molar-refractivity contribution in [3.63, 3.8) is 0 Å². The number of thiophene rings is 1. The van der Waals surface area contributed by atoms with E-state index in [-0.39, 0.29) is 6.04 Å². The van der Waals surface area contributed by atoms with Gasteiger partial charge in [-0.2, -0.15) is 0 Å². The average molecular weight is 245 g/mol. The first-order valence-corrected chi connectivity index (χ1v) is 6.29. The van der Waals surface area contributed by atoms with Crippen LogP contribution in [-0.4, -0.2) is 4.98 Å². The molecule has 1 atom stereocenters. The Morgan fingerprint density at radius 3 is 2.93 bits per heavy atom. The van der Waals surface area contributed by atoms with Crippen LogP contribution in [0, 0.1) is 0 Å². The van der Waals surface area contributed by atoms with Gasteiger partial charge in [-0.15, -0.1) is 22.7 Å². The summed E-state index contributed by atoms with van der Waals surface area (Å²) in [6.07, 6.45) is 1.79. The van der Waals surface area contributed by atoms with Gasteiger partial charge in [0, 0.05) is 11.6 Å². The molecular weight excluding hydrogens is 236 g/mol. The van der Waals surface area contributed by atoms with E-state index in [9.17, 15) is 0 Å². The summed E-state index contributed by atoms with van der Waals surface area (Å²) in [5.41, 5.74) is 1.20. The van der Waals surface area contributed by atoms with Crippen LogP contribution >= 0.6 is 34.3 Å². The molecule has 0 bridgehead atoms. The van der Waals surface area contributed by atoms with Crippen LogP contribution in [0.25, 0.3) is 0 Å². The lowest BCUT2D eigenvalue weighted by atomic mass is 10.2. The molecule has 0 radical (unpaired) electrons. The van der Waals surface area contributed by atoms with E-state index < -0.39 is 0 Å². The summed E-state index contributed by atoms with van der Waals surface area (Å²) >= 11 is 9.02. The van der Waals surface area contributed by atoms with Gasteiger partial charge in [-0.3, -0.25) is 0 Å². The fourth-order valence-corrected chi connectivity index (χ4v) is 2.72. The highest BCUT2D eigenvalue weighted by atomic mass is 35.5. The van der Waals surface area contributed by atoms with Crippen molar-refractivity contribution in [2.75, 3.05) is 5.32 Å². The maximum absolute atomic E-state index is 5.86. The van der Waals surface area contributed by atoms with Gasteiger partial charge in [-0.25, -0.2) is 4.98 Å². The van der Waals surface area contributed by atoms with Gasteiger partial charge in [-0.1, -0.05) is 11.6 Å². The van der Waals surface area contributed by atoms with Gasteiger partial charge >= 0.3 is 0 Å². The third-order valence-corrected chi connectivity index (χ3v) is 3.67. The number of rotatable bonds is 3. The zero-order valence-electron chi connectivity index (χ0n) is 7.53. The molecule has 0 aliphatic heterocycles. The van der Waals surface area contributed by atoms with Crippen LogP contribution in [0.5, 0.6) is 0 Å². The molecular formula is C9H9ClN2S2. The van der Waals surface area contributed by atoms with Crippen LogP contribution in [0.1, 0.15) is 18.5 Å². The van der Waals surface area contributed by atoms with Gasteiger partial charge in [0.05, 0.1) is 10.4 Å². The number of anilines is 1. The van der Waals surface area contributed by atoms with Gasteiger partial charge in [0.15, 0.2) is 5.13 Å². The lowest BCUT2D eigenvalue weighted by Gasteiger charge is -2.10. The Balaban J connectivity index is 2.06. The highest BCUT2D eigenvalue weighted by Crippen LogP contribution is 2.27. The number of thiazole rings is 1. The molecule has 0 aliphatic rings. The Hall–Kier alpha value is -0.580. The van der Waals surface area contributed by atoms with E-state index in [1.165, 1.54) is 5.56 Å². The second kappa shape index (κ2) is 4.29. The topological polar surface area (TPSA) is 24.9 Å². The summed E-state index contributed by atoms with van der Waals surface area (Å²) < 4.78 is 0.827. The molecule has 2 heterocycles. The van der Waals surface area contributed by atoms with E-state index in [1.807, 2.05) is 11.4 Å². The van der Waals surface area contributed by atoms with Crippen molar-refractivity contribution < 1.29 is 0 Å². The van der Waals surface area contributed by atoms with Crippen LogP contribution in [0.3, 0.4) is 0 Å². The first-order chi connectivity index (χ1) is 6.75. The zero-order valence-corrected chi connectivity index (χ0v) is 9.92. The molecule has 0 aliphatic carbocycles. The standard InChI is InChI=1S/C9H9ClN2S2/c1-6(7-4-8(10)14-5-7)12-9-11-2-3-13-9/h2-6H,1H3,(H,11,12). The Morgan fingerprint density at radius 1 is 1.50 bits per heavy atom. The fraction of sp³-hybridized carbons (Fsp3) is 0.222. The molecule has 74 valence electrons. The van der Waals surface area contributed by atoms with Gasteiger partial charge < -0.3 is 5.32 Å². The van der Waals surface area contributed by atoms with Crippen LogP contribution in [0.2, 0.25) is 4.34 Å². The summed E-state index contributed by atoms with van der Waals surface area (Å²) in [5.74, 6) is 0. The zero-order chi connectivity index (χ0) is 9.97. The summed E-state index contributed by atoms with van der Waals surface area (Å²) in [7, 11) is 0. The summed E-state index contributed by atoms with van der Waals surface area (Å²) in [6.45, 7) is 2.10. The highest BCUT2D eigenvalue weighted by molar-refractivity contribution is 7.14. The predicted molar refractivity (Wildman–Crippen MR) is 63.5 cm³/mol. The van der Waals surface area contributed by atoms with Crippen molar-refractivity contribution in [1.82, 2.24) is 4.98 Å². The molecule has 0 aromatic carbocycles. The smallest absolute Gasteiger partial charge is 0.183 e. The minimum absolute atomic E-state index is 0.255. The Kier molecular flexibility index (Phi) is 3.05. The number of hydrogen-bond donors (Lipinski definition) is 1. The maximum atomic E-state index is 5.86. The molecule has 0 saturated carbocycles. The minimum atomic E-state index is 0.255. The van der Waals surface area contributed by atoms with E-state index in [2.05, 4.69) is 22.6 Å². The normalized spacial score (nSPS) is 12.7. The molecule has 5 heteroatoms. The molecule has 2 aromatic rings. The largest absolute Gasteiger partial charge is 0.355 e. The van der Waals surface area contributed by atoms with Gasteiger partial charge in [0.25, 0.3) is 0 Å². The molecule has 1 N–H and O–H groups in total. The molecule has 2 rings (SSSR count). The predicted octanol–water partition coefficient (Wildman–Crippen LogP) is 4.03. The van der Waals surface area contributed by atoms with Gasteiger partial charge in [0.2, 0.25) is 0 Å². The molecule has 2 nitrogen and oxygen atoms in total. The molecule has 1 unspecified atom stereocenters. The van der Waals surface area contributed by atoms with Crippen LogP contribution in [0.15, 0.2) is 23.0 Å². The van der Waals surface area contributed by atoms with E-state index in [0.717, 1.165) is 9.47 Å². The van der Waals surface area contributed by atoms with Gasteiger partial charge in [0.1, 0.15) is 0 Å². The molecule has 14 heavy (non-hydrogen) atoms. The average Bonchev–Trinajstić information content (AvgIpc) is 2.75. The number of nitrogens with one attached hydrogen (secondary N) is 1. The lowest BCUT2D eigenvalue weighted by Crippen LogP contribution is -2.04. The summed E-state index contributed by atoms with van der Waals surface area (Å²) in [4.78, 5) is 4.17. The minimum Gasteiger partial charge on any atom is -0.355 e. The Labute approximate surface area is 95.6 Å². The monoisotopic (exact) mass is 244 g/mol. The second-order valence-electron chi connectivity index (χ2n) is 2.89. The SMILES string of the molecule is CC(Nc1nccs1)c1csc(Cl)c1. The van der Waals surface area contributed by atoms with Crippen molar-refractivity contribution in [2.45, 2.75) is 13.0 Å². The third-order valence-electron chi connectivity index (χ3n) is 1.86. The maximum Gasteiger partial charge on any atom is 0.183 e. The molecule has 0 fully saturated rings. The van der Waals surface area contributed by atoms with Crippen molar-refractivity contribution in [1.29, 1.82) is 0 Å². The highest BCUT2D eigenvalue weighted by Gasteiger charge is 2.08. The van der Waals surface area contributed by atoms with Crippen LogP contribution in [-0.2, 0) is 0 Å². The lowest BCUT2D eigenvalue weighted by molar-refractivity contribution is 0.887. The molecule has 2 aromatic heterocycles. The van der Waals surface area contributed by atoms with E-state index in [0.29, 0.717) is 0 Å². The first-order valence-electron chi connectivity index (χ1n) is 4.15. The Morgan fingerprint density at radius 2 is 2.36 bits per heavy atom. The van der Waals surface area contributed by atoms with Gasteiger partial charge in [-0.05, 0) is 23.9 Å². The number of nitrogens with zero attached hydrogens (tertiary/aromatic N) is 1. The van der Waals surface area contributed by atoms with E-state index >= 15 is 0 Å². The number of aromatic nitrogens is 1. The molecule has 0 spiro atoms. The van der Waals surface area contributed by atoms with E-state index in [1.54, 1.807) is 28.9 Å². The van der Waals surface area contributed by atoms with E-state index in [4.69, 9.17) is 11.6 Å². The van der Waals surface area contributed by atoms with Crippen molar-refractivity contribution >= 4 is 39.4 Å². The number of halogens is 1. The fourth-order valence-electron chi connectivity index (χ4n) is 1.11. The van der Waals surface area contributed by atoms with Crippen LogP contribution in [0.4, 0.5) is 5.13 Å². The molecule has 0 saturated heterocycles. The second-order valence-corrected chi connectivity index (χ2v) is 5.32. The third kappa shape index (κ3) is 2.26. The Bertz CT molecular complexity index is 397. The van der Waals surface area contributed by atoms with Crippen molar-refractivity contribution in [3.05, 3.63) is 32.9 Å². The number of hydrogen-bond acceptors (Lipinski definition) is 4. The quantitative estimate of drug-likeness (QED) is 0.882.